The third-order valence-corrected chi connectivity index (χ3v) is 4.76. The minimum Gasteiger partial charge on any atom is -0.497 e. The fourth-order valence-electron chi connectivity index (χ4n) is 3.43. The molecule has 138 valence electrons. The zero-order valence-corrected chi connectivity index (χ0v) is 15.4. The second-order valence-electron chi connectivity index (χ2n) is 6.49. The van der Waals surface area contributed by atoms with Crippen molar-refractivity contribution in [1.82, 2.24) is 10.2 Å². The van der Waals surface area contributed by atoms with Crippen LogP contribution in [0, 0.1) is 0 Å². The highest BCUT2D eigenvalue weighted by molar-refractivity contribution is 5.94. The molecule has 0 bridgehead atoms. The van der Waals surface area contributed by atoms with E-state index in [1.54, 1.807) is 31.4 Å². The molecule has 1 fully saturated rings. The minimum absolute atomic E-state index is 0.0369. The largest absolute Gasteiger partial charge is 0.497 e. The number of hydrogen-bond donors (Lipinski definition) is 1. The molecule has 3 rings (SSSR count). The molecule has 1 amide bonds. The third-order valence-electron chi connectivity index (χ3n) is 4.76. The van der Waals surface area contributed by atoms with Gasteiger partial charge in [-0.15, -0.1) is 0 Å². The zero-order valence-electron chi connectivity index (χ0n) is 15.4. The molecule has 2 unspecified atom stereocenters. The maximum Gasteiger partial charge on any atom is 0.251 e. The number of amides is 1. The van der Waals surface area contributed by atoms with Crippen LogP contribution >= 0.6 is 0 Å². The Morgan fingerprint density at radius 2 is 1.73 bits per heavy atom. The van der Waals surface area contributed by atoms with E-state index in [-0.39, 0.29) is 18.0 Å². The van der Waals surface area contributed by atoms with Crippen LogP contribution in [0.2, 0.25) is 0 Å². The summed E-state index contributed by atoms with van der Waals surface area (Å²) in [7, 11) is 1.62. The Hall–Kier alpha value is -2.37. The van der Waals surface area contributed by atoms with Crippen LogP contribution in [0.5, 0.6) is 5.75 Å². The summed E-state index contributed by atoms with van der Waals surface area (Å²) in [6.45, 7) is 5.24. The molecule has 2 atom stereocenters. The van der Waals surface area contributed by atoms with Gasteiger partial charge in [-0.3, -0.25) is 9.69 Å². The molecule has 0 radical (unpaired) electrons. The number of morpholine rings is 1. The maximum atomic E-state index is 12.7. The van der Waals surface area contributed by atoms with Gasteiger partial charge >= 0.3 is 0 Å². The van der Waals surface area contributed by atoms with Gasteiger partial charge in [0.2, 0.25) is 0 Å². The normalized spacial score (nSPS) is 17.3. The lowest BCUT2D eigenvalue weighted by molar-refractivity contribution is 0.00888. The summed E-state index contributed by atoms with van der Waals surface area (Å²) >= 11 is 0. The molecule has 1 N–H and O–H groups in total. The first-order chi connectivity index (χ1) is 12.7. The van der Waals surface area contributed by atoms with Crippen molar-refractivity contribution < 1.29 is 14.3 Å². The van der Waals surface area contributed by atoms with E-state index in [0.29, 0.717) is 5.56 Å². The van der Waals surface area contributed by atoms with Crippen molar-refractivity contribution in [3.8, 4) is 5.75 Å². The highest BCUT2D eigenvalue weighted by Crippen LogP contribution is 2.25. The third kappa shape index (κ3) is 4.42. The van der Waals surface area contributed by atoms with Gasteiger partial charge in [-0.2, -0.15) is 0 Å². The van der Waals surface area contributed by atoms with Crippen molar-refractivity contribution in [2.24, 2.45) is 0 Å². The van der Waals surface area contributed by atoms with Crippen molar-refractivity contribution in [2.75, 3.05) is 33.4 Å². The lowest BCUT2D eigenvalue weighted by Crippen LogP contribution is -2.48. The van der Waals surface area contributed by atoms with Crippen LogP contribution in [0.15, 0.2) is 54.6 Å². The van der Waals surface area contributed by atoms with E-state index in [1.807, 2.05) is 18.2 Å². The number of hydrogen-bond acceptors (Lipinski definition) is 4. The molecule has 1 heterocycles. The summed E-state index contributed by atoms with van der Waals surface area (Å²) in [6, 6.07) is 17.6. The summed E-state index contributed by atoms with van der Waals surface area (Å²) in [5.41, 5.74) is 1.84. The first-order valence-corrected chi connectivity index (χ1v) is 9.00. The Morgan fingerprint density at radius 1 is 1.08 bits per heavy atom. The summed E-state index contributed by atoms with van der Waals surface area (Å²) in [6.07, 6.45) is 0. The Kier molecular flexibility index (Phi) is 6.26. The van der Waals surface area contributed by atoms with Gasteiger partial charge in [0.05, 0.1) is 26.4 Å². The van der Waals surface area contributed by atoms with Crippen LogP contribution in [0.25, 0.3) is 0 Å². The van der Waals surface area contributed by atoms with Crippen LogP contribution in [-0.4, -0.2) is 50.3 Å². The summed E-state index contributed by atoms with van der Waals surface area (Å²) < 4.78 is 10.7. The molecular formula is C21H26N2O3. The Labute approximate surface area is 154 Å². The number of rotatable bonds is 6. The monoisotopic (exact) mass is 354 g/mol. The van der Waals surface area contributed by atoms with Gasteiger partial charge in [0.25, 0.3) is 5.91 Å². The predicted molar refractivity (Wildman–Crippen MR) is 101 cm³/mol. The predicted octanol–water partition coefficient (Wildman–Crippen LogP) is 2.89. The Bertz CT molecular complexity index is 697. The number of carbonyl (C=O) groups is 1. The van der Waals surface area contributed by atoms with E-state index in [4.69, 9.17) is 9.47 Å². The molecule has 26 heavy (non-hydrogen) atoms. The van der Waals surface area contributed by atoms with Crippen LogP contribution in [-0.2, 0) is 4.74 Å². The van der Waals surface area contributed by atoms with Crippen molar-refractivity contribution in [2.45, 2.75) is 19.0 Å². The summed E-state index contributed by atoms with van der Waals surface area (Å²) in [5, 5.41) is 3.17. The average Bonchev–Trinajstić information content (AvgIpc) is 2.70. The molecule has 5 nitrogen and oxygen atoms in total. The van der Waals surface area contributed by atoms with Crippen molar-refractivity contribution in [3.63, 3.8) is 0 Å². The van der Waals surface area contributed by atoms with E-state index in [0.717, 1.165) is 32.1 Å². The number of nitrogens with zero attached hydrogens (tertiary/aromatic N) is 1. The van der Waals surface area contributed by atoms with E-state index in [9.17, 15) is 4.79 Å². The second-order valence-corrected chi connectivity index (χ2v) is 6.49. The Morgan fingerprint density at radius 3 is 2.35 bits per heavy atom. The molecule has 1 saturated heterocycles. The molecule has 2 aromatic carbocycles. The quantitative estimate of drug-likeness (QED) is 0.867. The summed E-state index contributed by atoms with van der Waals surface area (Å²) in [4.78, 5) is 15.1. The molecule has 5 heteroatoms. The van der Waals surface area contributed by atoms with Gasteiger partial charge in [0.1, 0.15) is 5.75 Å². The lowest BCUT2D eigenvalue weighted by atomic mass is 9.97. The maximum absolute atomic E-state index is 12.7. The van der Waals surface area contributed by atoms with Gasteiger partial charge < -0.3 is 14.8 Å². The number of ether oxygens (including phenoxy) is 2. The second kappa shape index (κ2) is 8.83. The molecular weight excluding hydrogens is 328 g/mol. The van der Waals surface area contributed by atoms with E-state index >= 15 is 0 Å². The van der Waals surface area contributed by atoms with E-state index < -0.39 is 0 Å². The van der Waals surface area contributed by atoms with Gasteiger partial charge in [-0.05, 0) is 36.8 Å². The van der Waals surface area contributed by atoms with Crippen LogP contribution in [0.3, 0.4) is 0 Å². The minimum atomic E-state index is -0.0747. The van der Waals surface area contributed by atoms with Crippen LogP contribution < -0.4 is 10.1 Å². The van der Waals surface area contributed by atoms with E-state index in [2.05, 4.69) is 29.3 Å². The highest BCUT2D eigenvalue weighted by Gasteiger charge is 2.28. The number of benzene rings is 2. The van der Waals surface area contributed by atoms with Crippen LogP contribution in [0.4, 0.5) is 0 Å². The topological polar surface area (TPSA) is 50.8 Å². The average molecular weight is 354 g/mol. The van der Waals surface area contributed by atoms with Crippen molar-refractivity contribution >= 4 is 5.91 Å². The number of nitrogens with one attached hydrogen (secondary N) is 1. The van der Waals surface area contributed by atoms with Crippen LogP contribution in [0.1, 0.15) is 28.9 Å². The zero-order chi connectivity index (χ0) is 18.4. The summed E-state index contributed by atoms with van der Waals surface area (Å²) in [5.74, 6) is 0.666. The first kappa shape index (κ1) is 18.4. The fraction of sp³-hybridized carbons (Fsp3) is 0.381. The molecule has 2 aromatic rings. The van der Waals surface area contributed by atoms with Gasteiger partial charge in [-0.25, -0.2) is 0 Å². The molecule has 0 spiro atoms. The molecule has 1 aliphatic rings. The fourth-order valence-corrected chi connectivity index (χ4v) is 3.43. The van der Waals surface area contributed by atoms with Gasteiger partial charge in [-0.1, -0.05) is 30.3 Å². The number of methoxy groups -OCH3 is 1. The molecule has 0 aliphatic carbocycles. The van der Waals surface area contributed by atoms with Gasteiger partial charge in [0, 0.05) is 24.7 Å². The van der Waals surface area contributed by atoms with Gasteiger partial charge in [0.15, 0.2) is 0 Å². The number of carbonyl (C=O) groups excluding carboxylic acids is 1. The molecule has 1 aliphatic heterocycles. The Balaban J connectivity index is 1.75. The first-order valence-electron chi connectivity index (χ1n) is 9.00. The van der Waals surface area contributed by atoms with Crippen molar-refractivity contribution in [1.29, 1.82) is 0 Å². The van der Waals surface area contributed by atoms with E-state index in [1.165, 1.54) is 5.56 Å². The molecule has 0 aromatic heterocycles. The highest BCUT2D eigenvalue weighted by atomic mass is 16.5. The smallest absolute Gasteiger partial charge is 0.251 e. The molecule has 0 saturated carbocycles. The standard InChI is InChI=1S/C21H26N2O3/c1-16(22-21(24)18-8-10-19(25-2)11-9-18)20(17-6-4-3-5-7-17)23-12-14-26-15-13-23/h3-11,16,20H,12-15H2,1-2H3,(H,22,24). The SMILES string of the molecule is COc1ccc(C(=O)NC(C)C(c2ccccc2)N2CCOCC2)cc1. The lowest BCUT2D eigenvalue weighted by Gasteiger charge is -2.38. The van der Waals surface area contributed by atoms with Crippen molar-refractivity contribution in [3.05, 3.63) is 65.7 Å².